The molecule has 0 aliphatic heterocycles. The SMILES string of the molecule is CC(C)N(C(C)C)C1CCCC(CN)C1. The molecule has 2 unspecified atom stereocenters. The zero-order valence-corrected chi connectivity index (χ0v) is 10.9. The van der Waals surface area contributed by atoms with Crippen LogP contribution in [0.4, 0.5) is 0 Å². The molecule has 0 aromatic rings. The van der Waals surface area contributed by atoms with Crippen LogP contribution in [0.15, 0.2) is 0 Å². The van der Waals surface area contributed by atoms with Crippen LogP contribution >= 0.6 is 0 Å². The van der Waals surface area contributed by atoms with Crippen LogP contribution in [0.3, 0.4) is 0 Å². The molecule has 1 aliphatic carbocycles. The molecule has 1 aliphatic rings. The quantitative estimate of drug-likeness (QED) is 0.776. The van der Waals surface area contributed by atoms with E-state index in [1.54, 1.807) is 0 Å². The van der Waals surface area contributed by atoms with Crippen LogP contribution in [-0.4, -0.2) is 29.6 Å². The molecule has 0 amide bonds. The maximum atomic E-state index is 5.80. The predicted molar refractivity (Wildman–Crippen MR) is 66.9 cm³/mol. The van der Waals surface area contributed by atoms with Crippen LogP contribution in [0.2, 0.25) is 0 Å². The van der Waals surface area contributed by atoms with Crippen molar-refractivity contribution >= 4 is 0 Å². The highest BCUT2D eigenvalue weighted by Gasteiger charge is 2.28. The van der Waals surface area contributed by atoms with E-state index in [0.29, 0.717) is 12.1 Å². The first-order chi connectivity index (χ1) is 7.06. The Morgan fingerprint density at radius 3 is 2.20 bits per heavy atom. The monoisotopic (exact) mass is 212 g/mol. The molecular weight excluding hydrogens is 184 g/mol. The molecule has 2 nitrogen and oxygen atoms in total. The van der Waals surface area contributed by atoms with Gasteiger partial charge in [-0.1, -0.05) is 6.42 Å². The Morgan fingerprint density at radius 2 is 1.73 bits per heavy atom. The summed E-state index contributed by atoms with van der Waals surface area (Å²) in [5.74, 6) is 0.767. The van der Waals surface area contributed by atoms with Crippen molar-refractivity contribution < 1.29 is 0 Å². The summed E-state index contributed by atoms with van der Waals surface area (Å²) in [6.07, 6.45) is 5.39. The second kappa shape index (κ2) is 5.86. The Balaban J connectivity index is 2.59. The fraction of sp³-hybridized carbons (Fsp3) is 1.00. The predicted octanol–water partition coefficient (Wildman–Crippen LogP) is 2.62. The molecule has 15 heavy (non-hydrogen) atoms. The Kier molecular flexibility index (Phi) is 5.07. The molecule has 0 saturated heterocycles. The number of rotatable bonds is 4. The third-order valence-electron chi connectivity index (χ3n) is 3.70. The van der Waals surface area contributed by atoms with Gasteiger partial charge in [0.15, 0.2) is 0 Å². The summed E-state index contributed by atoms with van der Waals surface area (Å²) in [6, 6.07) is 2.09. The lowest BCUT2D eigenvalue weighted by Crippen LogP contribution is -2.47. The van der Waals surface area contributed by atoms with Gasteiger partial charge in [-0.25, -0.2) is 0 Å². The Labute approximate surface area is 95.2 Å². The molecule has 1 rings (SSSR count). The number of nitrogens with zero attached hydrogens (tertiary/aromatic N) is 1. The Bertz CT molecular complexity index is 169. The average molecular weight is 212 g/mol. The summed E-state index contributed by atoms with van der Waals surface area (Å²) in [7, 11) is 0. The van der Waals surface area contributed by atoms with Crippen molar-refractivity contribution in [1.29, 1.82) is 0 Å². The van der Waals surface area contributed by atoms with E-state index >= 15 is 0 Å². The molecule has 2 atom stereocenters. The minimum absolute atomic E-state index is 0.659. The zero-order chi connectivity index (χ0) is 11.4. The van der Waals surface area contributed by atoms with Crippen LogP contribution in [0, 0.1) is 5.92 Å². The maximum Gasteiger partial charge on any atom is 0.0104 e. The highest BCUT2D eigenvalue weighted by Crippen LogP contribution is 2.29. The number of hydrogen-bond donors (Lipinski definition) is 1. The molecule has 2 heteroatoms. The van der Waals surface area contributed by atoms with Crippen molar-refractivity contribution in [2.45, 2.75) is 71.5 Å². The molecule has 0 heterocycles. The van der Waals surface area contributed by atoms with Gasteiger partial charge in [0.1, 0.15) is 0 Å². The van der Waals surface area contributed by atoms with Gasteiger partial charge in [0.25, 0.3) is 0 Å². The first-order valence-electron chi connectivity index (χ1n) is 6.53. The lowest BCUT2D eigenvalue weighted by atomic mass is 9.84. The fourth-order valence-electron chi connectivity index (χ4n) is 3.19. The van der Waals surface area contributed by atoms with Crippen LogP contribution < -0.4 is 5.73 Å². The first-order valence-corrected chi connectivity index (χ1v) is 6.53. The molecule has 0 radical (unpaired) electrons. The van der Waals surface area contributed by atoms with E-state index < -0.39 is 0 Å². The fourth-order valence-corrected chi connectivity index (χ4v) is 3.19. The molecule has 0 aromatic carbocycles. The van der Waals surface area contributed by atoms with E-state index in [1.807, 2.05) is 0 Å². The van der Waals surface area contributed by atoms with Gasteiger partial charge in [-0.3, -0.25) is 4.90 Å². The molecular formula is C13H28N2. The lowest BCUT2D eigenvalue weighted by Gasteiger charge is -2.42. The van der Waals surface area contributed by atoms with Crippen molar-refractivity contribution in [3.05, 3.63) is 0 Å². The molecule has 1 saturated carbocycles. The summed E-state index contributed by atoms with van der Waals surface area (Å²) in [6.45, 7) is 10.1. The van der Waals surface area contributed by atoms with Crippen molar-refractivity contribution in [3.8, 4) is 0 Å². The largest absolute Gasteiger partial charge is 0.330 e. The summed E-state index contributed by atoms with van der Waals surface area (Å²) >= 11 is 0. The first kappa shape index (κ1) is 13.0. The third-order valence-corrected chi connectivity index (χ3v) is 3.70. The van der Waals surface area contributed by atoms with Crippen molar-refractivity contribution in [1.82, 2.24) is 4.90 Å². The summed E-state index contributed by atoms with van der Waals surface area (Å²) in [5, 5.41) is 0. The van der Waals surface area contributed by atoms with Crippen LogP contribution in [0.5, 0.6) is 0 Å². The summed E-state index contributed by atoms with van der Waals surface area (Å²) < 4.78 is 0. The van der Waals surface area contributed by atoms with Crippen molar-refractivity contribution in [2.75, 3.05) is 6.54 Å². The van der Waals surface area contributed by atoms with E-state index in [9.17, 15) is 0 Å². The number of hydrogen-bond acceptors (Lipinski definition) is 2. The molecule has 2 N–H and O–H groups in total. The Hall–Kier alpha value is -0.0800. The summed E-state index contributed by atoms with van der Waals surface area (Å²) in [4.78, 5) is 2.67. The third kappa shape index (κ3) is 3.46. The molecule has 0 bridgehead atoms. The highest BCUT2D eigenvalue weighted by atomic mass is 15.2. The van der Waals surface area contributed by atoms with Crippen LogP contribution in [-0.2, 0) is 0 Å². The van der Waals surface area contributed by atoms with E-state index in [1.165, 1.54) is 25.7 Å². The maximum absolute atomic E-state index is 5.80. The lowest BCUT2D eigenvalue weighted by molar-refractivity contribution is 0.0709. The molecule has 1 fully saturated rings. The topological polar surface area (TPSA) is 29.3 Å². The van der Waals surface area contributed by atoms with Gasteiger partial charge in [0, 0.05) is 18.1 Å². The van der Waals surface area contributed by atoms with E-state index in [2.05, 4.69) is 32.6 Å². The zero-order valence-electron chi connectivity index (χ0n) is 10.9. The van der Waals surface area contributed by atoms with Crippen molar-refractivity contribution in [2.24, 2.45) is 11.7 Å². The van der Waals surface area contributed by atoms with Gasteiger partial charge < -0.3 is 5.73 Å². The smallest absolute Gasteiger partial charge is 0.0104 e. The minimum atomic E-state index is 0.659. The Morgan fingerprint density at radius 1 is 1.13 bits per heavy atom. The molecule has 90 valence electrons. The van der Waals surface area contributed by atoms with Gasteiger partial charge in [-0.15, -0.1) is 0 Å². The number of nitrogens with two attached hydrogens (primary N) is 1. The van der Waals surface area contributed by atoms with Crippen LogP contribution in [0.1, 0.15) is 53.4 Å². The van der Waals surface area contributed by atoms with E-state index in [4.69, 9.17) is 5.73 Å². The normalized spacial score (nSPS) is 28.0. The molecule has 0 aromatic heterocycles. The van der Waals surface area contributed by atoms with Gasteiger partial charge in [0.05, 0.1) is 0 Å². The van der Waals surface area contributed by atoms with Gasteiger partial charge in [-0.2, -0.15) is 0 Å². The van der Waals surface area contributed by atoms with Crippen molar-refractivity contribution in [3.63, 3.8) is 0 Å². The van der Waals surface area contributed by atoms with Gasteiger partial charge in [0.2, 0.25) is 0 Å². The van der Waals surface area contributed by atoms with Crippen LogP contribution in [0.25, 0.3) is 0 Å². The highest BCUT2D eigenvalue weighted by molar-refractivity contribution is 4.84. The summed E-state index contributed by atoms with van der Waals surface area (Å²) in [5.41, 5.74) is 5.80. The standard InChI is InChI=1S/C13H28N2/c1-10(2)15(11(3)4)13-7-5-6-12(8-13)9-14/h10-13H,5-9,14H2,1-4H3. The second-order valence-electron chi connectivity index (χ2n) is 5.56. The van der Waals surface area contributed by atoms with E-state index in [-0.39, 0.29) is 0 Å². The van der Waals surface area contributed by atoms with Gasteiger partial charge in [-0.05, 0) is 59.4 Å². The minimum Gasteiger partial charge on any atom is -0.330 e. The molecule has 0 spiro atoms. The van der Waals surface area contributed by atoms with Gasteiger partial charge >= 0.3 is 0 Å². The second-order valence-corrected chi connectivity index (χ2v) is 5.56. The average Bonchev–Trinajstić information content (AvgIpc) is 2.17. The van der Waals surface area contributed by atoms with E-state index in [0.717, 1.165) is 18.5 Å².